The Morgan fingerprint density at radius 3 is 2.76 bits per heavy atom. The van der Waals surface area contributed by atoms with Crippen molar-refractivity contribution >= 4 is 5.97 Å². The van der Waals surface area contributed by atoms with Crippen LogP contribution in [-0.2, 0) is 4.74 Å². The van der Waals surface area contributed by atoms with Crippen LogP contribution in [0.15, 0.2) is 36.5 Å². The minimum Gasteiger partial charge on any atom is -0.462 e. The number of hydrogen-bond donors (Lipinski definition) is 0. The molecule has 0 atom stereocenters. The molecule has 1 aromatic heterocycles. The fourth-order valence-electron chi connectivity index (χ4n) is 1.67. The predicted molar refractivity (Wildman–Crippen MR) is 76.2 cm³/mol. The van der Waals surface area contributed by atoms with Gasteiger partial charge in [-0.15, -0.1) is 0 Å². The molecule has 2 aromatic rings. The van der Waals surface area contributed by atoms with Gasteiger partial charge in [0.1, 0.15) is 5.75 Å². The van der Waals surface area contributed by atoms with Gasteiger partial charge in [-0.25, -0.2) is 9.78 Å². The van der Waals surface area contributed by atoms with Gasteiger partial charge in [-0.3, -0.25) is 0 Å². The van der Waals surface area contributed by atoms with Crippen LogP contribution in [-0.4, -0.2) is 17.6 Å². The molecule has 0 saturated heterocycles. The van der Waals surface area contributed by atoms with Gasteiger partial charge in [-0.2, -0.15) is 5.26 Å². The average Bonchev–Trinajstić information content (AvgIpc) is 2.50. The van der Waals surface area contributed by atoms with Crippen LogP contribution in [0.1, 0.15) is 28.4 Å². The zero-order chi connectivity index (χ0) is 15.2. The summed E-state index contributed by atoms with van der Waals surface area (Å²) in [5.41, 5.74) is 1.77. The molecule has 0 N–H and O–H groups in total. The highest BCUT2D eigenvalue weighted by Crippen LogP contribution is 2.24. The number of esters is 1. The van der Waals surface area contributed by atoms with E-state index in [1.54, 1.807) is 37.3 Å². The number of rotatable bonds is 4. The zero-order valence-electron chi connectivity index (χ0n) is 11.8. The SMILES string of the molecule is CCOC(=O)c1ccc(Oc2cc(C#N)ccc2C)nc1. The number of hydrogen-bond acceptors (Lipinski definition) is 5. The molecule has 5 heteroatoms. The van der Waals surface area contributed by atoms with Gasteiger partial charge in [0, 0.05) is 12.3 Å². The molecule has 21 heavy (non-hydrogen) atoms. The summed E-state index contributed by atoms with van der Waals surface area (Å²) in [5.74, 6) is 0.492. The lowest BCUT2D eigenvalue weighted by Gasteiger charge is -2.08. The topological polar surface area (TPSA) is 72.2 Å². The van der Waals surface area contributed by atoms with E-state index in [-0.39, 0.29) is 0 Å². The number of carbonyl (C=O) groups excluding carboxylic acids is 1. The minimum atomic E-state index is -0.417. The summed E-state index contributed by atoms with van der Waals surface area (Å²) in [5, 5.41) is 8.89. The molecule has 0 saturated carbocycles. The third-order valence-corrected chi connectivity index (χ3v) is 2.78. The Bertz CT molecular complexity index is 688. The Morgan fingerprint density at radius 2 is 2.14 bits per heavy atom. The normalized spacial score (nSPS) is 9.76. The monoisotopic (exact) mass is 282 g/mol. The van der Waals surface area contributed by atoms with E-state index < -0.39 is 5.97 Å². The van der Waals surface area contributed by atoms with Crippen molar-refractivity contribution in [2.45, 2.75) is 13.8 Å². The van der Waals surface area contributed by atoms with Crippen molar-refractivity contribution in [1.82, 2.24) is 4.98 Å². The first-order valence-corrected chi connectivity index (χ1v) is 6.46. The van der Waals surface area contributed by atoms with E-state index in [1.807, 2.05) is 6.92 Å². The van der Waals surface area contributed by atoms with Gasteiger partial charge < -0.3 is 9.47 Å². The highest BCUT2D eigenvalue weighted by Gasteiger charge is 2.08. The zero-order valence-corrected chi connectivity index (χ0v) is 11.8. The fraction of sp³-hybridized carbons (Fsp3) is 0.188. The minimum absolute atomic E-state index is 0.317. The standard InChI is InChI=1S/C16H14N2O3/c1-3-20-16(19)13-6-7-15(18-10-13)21-14-8-12(9-17)5-4-11(14)2/h4-8,10H,3H2,1-2H3. The molecule has 0 aliphatic carbocycles. The van der Waals surface area contributed by atoms with E-state index in [0.29, 0.717) is 29.4 Å². The van der Waals surface area contributed by atoms with Crippen LogP contribution in [0.5, 0.6) is 11.6 Å². The number of aromatic nitrogens is 1. The van der Waals surface area contributed by atoms with Gasteiger partial charge in [0.15, 0.2) is 0 Å². The first kappa shape index (κ1) is 14.5. The van der Waals surface area contributed by atoms with Crippen LogP contribution in [0.4, 0.5) is 0 Å². The molecule has 106 valence electrons. The highest BCUT2D eigenvalue weighted by atomic mass is 16.5. The van der Waals surface area contributed by atoms with Crippen LogP contribution in [0.2, 0.25) is 0 Å². The van der Waals surface area contributed by atoms with E-state index in [9.17, 15) is 4.79 Å². The van der Waals surface area contributed by atoms with E-state index in [0.717, 1.165) is 5.56 Å². The molecule has 2 rings (SSSR count). The van der Waals surface area contributed by atoms with Crippen LogP contribution >= 0.6 is 0 Å². The van der Waals surface area contributed by atoms with E-state index in [1.165, 1.54) is 6.20 Å². The Labute approximate surface area is 122 Å². The van der Waals surface area contributed by atoms with E-state index >= 15 is 0 Å². The van der Waals surface area contributed by atoms with Gasteiger partial charge in [-0.05, 0) is 37.6 Å². The second-order valence-electron chi connectivity index (χ2n) is 4.30. The number of pyridine rings is 1. The lowest BCUT2D eigenvalue weighted by atomic mass is 10.1. The Morgan fingerprint density at radius 1 is 1.33 bits per heavy atom. The summed E-state index contributed by atoms with van der Waals surface area (Å²) >= 11 is 0. The van der Waals surface area contributed by atoms with E-state index in [4.69, 9.17) is 14.7 Å². The summed E-state index contributed by atoms with van der Waals surface area (Å²) in [4.78, 5) is 15.6. The molecule has 1 aromatic carbocycles. The largest absolute Gasteiger partial charge is 0.462 e. The predicted octanol–water partition coefficient (Wildman–Crippen LogP) is 3.23. The van der Waals surface area contributed by atoms with Crippen LogP contribution in [0.3, 0.4) is 0 Å². The maximum atomic E-state index is 11.5. The Balaban J connectivity index is 2.17. The number of ether oxygens (including phenoxy) is 2. The quantitative estimate of drug-likeness (QED) is 0.805. The first-order chi connectivity index (χ1) is 10.1. The molecular formula is C16H14N2O3. The molecular weight excluding hydrogens is 268 g/mol. The molecule has 0 radical (unpaired) electrons. The van der Waals surface area contributed by atoms with Crippen LogP contribution in [0.25, 0.3) is 0 Å². The average molecular weight is 282 g/mol. The van der Waals surface area contributed by atoms with Gasteiger partial charge in [0.05, 0.1) is 23.8 Å². The highest BCUT2D eigenvalue weighted by molar-refractivity contribution is 5.89. The Kier molecular flexibility index (Phi) is 4.52. The van der Waals surface area contributed by atoms with Crippen molar-refractivity contribution in [1.29, 1.82) is 5.26 Å². The number of benzene rings is 1. The molecule has 0 spiro atoms. The van der Waals surface area contributed by atoms with Gasteiger partial charge in [-0.1, -0.05) is 6.07 Å². The second kappa shape index (κ2) is 6.53. The third kappa shape index (κ3) is 3.57. The molecule has 0 amide bonds. The molecule has 0 aliphatic heterocycles. The van der Waals surface area contributed by atoms with Crippen molar-refractivity contribution < 1.29 is 14.3 Å². The summed E-state index contributed by atoms with van der Waals surface area (Å²) in [6, 6.07) is 10.4. The van der Waals surface area contributed by atoms with Crippen LogP contribution in [0, 0.1) is 18.3 Å². The molecule has 0 aliphatic rings. The Hall–Kier alpha value is -2.87. The first-order valence-electron chi connectivity index (χ1n) is 6.46. The maximum Gasteiger partial charge on any atom is 0.339 e. The second-order valence-corrected chi connectivity index (χ2v) is 4.30. The number of nitrogens with zero attached hydrogens (tertiary/aromatic N) is 2. The van der Waals surface area contributed by atoms with Crippen molar-refractivity contribution in [3.63, 3.8) is 0 Å². The van der Waals surface area contributed by atoms with Gasteiger partial charge >= 0.3 is 5.97 Å². The number of carbonyl (C=O) groups is 1. The number of aryl methyl sites for hydroxylation is 1. The van der Waals surface area contributed by atoms with Gasteiger partial charge in [0.25, 0.3) is 0 Å². The summed E-state index contributed by atoms with van der Waals surface area (Å²) < 4.78 is 10.5. The molecule has 0 fully saturated rings. The summed E-state index contributed by atoms with van der Waals surface area (Å²) in [6.45, 7) is 3.94. The molecule has 0 bridgehead atoms. The van der Waals surface area contributed by atoms with Crippen molar-refractivity contribution in [3.05, 3.63) is 53.2 Å². The smallest absolute Gasteiger partial charge is 0.339 e. The number of nitriles is 1. The molecule has 1 heterocycles. The fourth-order valence-corrected chi connectivity index (χ4v) is 1.67. The molecule has 0 unspecified atom stereocenters. The van der Waals surface area contributed by atoms with E-state index in [2.05, 4.69) is 11.1 Å². The van der Waals surface area contributed by atoms with Crippen LogP contribution < -0.4 is 4.74 Å². The third-order valence-electron chi connectivity index (χ3n) is 2.78. The maximum absolute atomic E-state index is 11.5. The lowest BCUT2D eigenvalue weighted by molar-refractivity contribution is 0.0526. The lowest BCUT2D eigenvalue weighted by Crippen LogP contribution is -2.05. The summed E-state index contributed by atoms with van der Waals surface area (Å²) in [7, 11) is 0. The summed E-state index contributed by atoms with van der Waals surface area (Å²) in [6.07, 6.45) is 1.40. The van der Waals surface area contributed by atoms with Crippen molar-refractivity contribution in [3.8, 4) is 17.7 Å². The molecule has 5 nitrogen and oxygen atoms in total. The van der Waals surface area contributed by atoms with Crippen molar-refractivity contribution in [2.75, 3.05) is 6.61 Å². The van der Waals surface area contributed by atoms with Crippen molar-refractivity contribution in [2.24, 2.45) is 0 Å². The van der Waals surface area contributed by atoms with Gasteiger partial charge in [0.2, 0.25) is 5.88 Å².